The van der Waals surface area contributed by atoms with E-state index in [0.29, 0.717) is 12.0 Å². The van der Waals surface area contributed by atoms with Crippen molar-refractivity contribution in [2.45, 2.75) is 31.2 Å². The van der Waals surface area contributed by atoms with Gasteiger partial charge in [0.25, 0.3) is 0 Å². The van der Waals surface area contributed by atoms with E-state index in [0.717, 1.165) is 4.60 Å². The number of nitrogens with one attached hydrogen (secondary N) is 1. The van der Waals surface area contributed by atoms with Crippen molar-refractivity contribution in [1.29, 1.82) is 0 Å². The maximum Gasteiger partial charge on any atom is 0.151 e. The summed E-state index contributed by atoms with van der Waals surface area (Å²) in [6, 6.07) is 0.573. The second-order valence-corrected chi connectivity index (χ2v) is 4.57. The summed E-state index contributed by atoms with van der Waals surface area (Å²) in [6.45, 7) is 0. The minimum atomic E-state index is 0.550. The molecule has 0 radical (unpaired) electrons. The van der Waals surface area contributed by atoms with Crippen molar-refractivity contribution < 1.29 is 0 Å². The van der Waals surface area contributed by atoms with Crippen molar-refractivity contribution in [2.24, 2.45) is 7.05 Å². The molecule has 0 saturated heterocycles. The number of aromatic nitrogens is 3. The van der Waals surface area contributed by atoms with Crippen molar-refractivity contribution in [3.63, 3.8) is 0 Å². The van der Waals surface area contributed by atoms with Crippen LogP contribution >= 0.6 is 15.9 Å². The molecule has 0 amide bonds. The summed E-state index contributed by atoms with van der Waals surface area (Å²) in [5, 5.41) is 11.4. The Labute approximate surface area is 92.2 Å². The third kappa shape index (κ3) is 1.59. The number of aryl methyl sites for hydroxylation is 1. The Hall–Kier alpha value is -0.420. The summed E-state index contributed by atoms with van der Waals surface area (Å²) < 4.78 is 2.77. The molecule has 0 spiro atoms. The monoisotopic (exact) mass is 258 g/mol. The van der Waals surface area contributed by atoms with Crippen LogP contribution in [0.4, 0.5) is 0 Å². The van der Waals surface area contributed by atoms with Gasteiger partial charge in [-0.15, -0.1) is 5.10 Å². The van der Waals surface area contributed by atoms with Gasteiger partial charge in [-0.25, -0.2) is 0 Å². The van der Waals surface area contributed by atoms with Crippen LogP contribution in [-0.2, 0) is 7.05 Å². The average molecular weight is 259 g/mol. The molecule has 0 bridgehead atoms. The van der Waals surface area contributed by atoms with E-state index in [-0.39, 0.29) is 0 Å². The molecule has 1 saturated carbocycles. The highest BCUT2D eigenvalue weighted by Gasteiger charge is 2.31. The molecule has 5 heteroatoms. The van der Waals surface area contributed by atoms with Crippen LogP contribution in [0.2, 0.25) is 0 Å². The second kappa shape index (κ2) is 3.98. The molecule has 2 atom stereocenters. The van der Waals surface area contributed by atoms with Gasteiger partial charge in [0.05, 0.1) is 5.69 Å². The number of hydrogen-bond acceptors (Lipinski definition) is 3. The predicted octanol–water partition coefficient (Wildman–Crippen LogP) is 1.43. The van der Waals surface area contributed by atoms with Crippen molar-refractivity contribution in [2.75, 3.05) is 7.05 Å². The molecule has 78 valence electrons. The zero-order valence-electron chi connectivity index (χ0n) is 8.50. The van der Waals surface area contributed by atoms with E-state index in [1.54, 1.807) is 0 Å². The lowest BCUT2D eigenvalue weighted by molar-refractivity contribution is 0.492. The minimum absolute atomic E-state index is 0.550. The summed E-state index contributed by atoms with van der Waals surface area (Å²) in [5.74, 6) is 0.550. The SMILES string of the molecule is CNC1CCCC1c1c(Br)nnn1C. The Bertz CT molecular complexity index is 303. The first kappa shape index (κ1) is 10.1. The largest absolute Gasteiger partial charge is 0.316 e. The quantitative estimate of drug-likeness (QED) is 0.873. The molecule has 14 heavy (non-hydrogen) atoms. The number of hydrogen-bond donors (Lipinski definition) is 1. The molecule has 2 rings (SSSR count). The van der Waals surface area contributed by atoms with Crippen molar-refractivity contribution in [3.05, 3.63) is 10.3 Å². The zero-order valence-corrected chi connectivity index (χ0v) is 10.1. The number of halogens is 1. The fraction of sp³-hybridized carbons (Fsp3) is 0.778. The van der Waals surface area contributed by atoms with Gasteiger partial charge in [0.1, 0.15) is 0 Å². The summed E-state index contributed by atoms with van der Waals surface area (Å²) in [4.78, 5) is 0. The van der Waals surface area contributed by atoms with Crippen molar-refractivity contribution in [1.82, 2.24) is 20.3 Å². The highest BCUT2D eigenvalue weighted by Crippen LogP contribution is 2.36. The van der Waals surface area contributed by atoms with Crippen LogP contribution in [0.1, 0.15) is 30.9 Å². The van der Waals surface area contributed by atoms with Gasteiger partial charge in [-0.1, -0.05) is 11.6 Å². The molecule has 1 heterocycles. The Kier molecular flexibility index (Phi) is 2.88. The maximum atomic E-state index is 4.03. The first-order chi connectivity index (χ1) is 6.74. The van der Waals surface area contributed by atoms with Crippen LogP contribution in [0.15, 0.2) is 4.60 Å². The summed E-state index contributed by atoms with van der Waals surface area (Å²) in [6.07, 6.45) is 3.76. The van der Waals surface area contributed by atoms with Crippen LogP contribution < -0.4 is 5.32 Å². The normalized spacial score (nSPS) is 27.1. The van der Waals surface area contributed by atoms with Crippen LogP contribution in [0.25, 0.3) is 0 Å². The number of rotatable bonds is 2. The van der Waals surface area contributed by atoms with E-state index in [1.807, 2.05) is 18.8 Å². The maximum absolute atomic E-state index is 4.03. The van der Waals surface area contributed by atoms with Crippen LogP contribution in [0.3, 0.4) is 0 Å². The molecule has 1 aromatic rings. The molecule has 4 nitrogen and oxygen atoms in total. The van der Waals surface area contributed by atoms with Crippen LogP contribution in [-0.4, -0.2) is 28.1 Å². The lowest BCUT2D eigenvalue weighted by Gasteiger charge is -2.18. The molecule has 0 aliphatic heterocycles. The van der Waals surface area contributed by atoms with E-state index < -0.39 is 0 Å². The molecule has 1 aliphatic carbocycles. The number of nitrogens with zero attached hydrogens (tertiary/aromatic N) is 3. The van der Waals surface area contributed by atoms with Gasteiger partial charge < -0.3 is 5.32 Å². The summed E-state index contributed by atoms with van der Waals surface area (Å²) in [5.41, 5.74) is 1.22. The molecule has 0 aromatic carbocycles. The van der Waals surface area contributed by atoms with E-state index >= 15 is 0 Å². The van der Waals surface area contributed by atoms with E-state index in [4.69, 9.17) is 0 Å². The third-order valence-electron chi connectivity index (χ3n) is 3.06. The van der Waals surface area contributed by atoms with Gasteiger partial charge in [-0.2, -0.15) is 0 Å². The van der Waals surface area contributed by atoms with Crippen molar-refractivity contribution >= 4 is 15.9 Å². The topological polar surface area (TPSA) is 42.7 Å². The zero-order chi connectivity index (χ0) is 10.1. The summed E-state index contributed by atoms with van der Waals surface area (Å²) >= 11 is 3.46. The Morgan fingerprint density at radius 3 is 2.86 bits per heavy atom. The van der Waals surface area contributed by atoms with Gasteiger partial charge >= 0.3 is 0 Å². The molecular weight excluding hydrogens is 244 g/mol. The molecule has 1 fully saturated rings. The minimum Gasteiger partial charge on any atom is -0.316 e. The average Bonchev–Trinajstić information content (AvgIpc) is 2.73. The standard InChI is InChI=1S/C9H15BrN4/c1-11-7-5-3-4-6(7)8-9(10)12-13-14(8)2/h6-7,11H,3-5H2,1-2H3. The number of likely N-dealkylation sites (N-methyl/N-ethyl adjacent to an activating group) is 1. The molecule has 1 N–H and O–H groups in total. The smallest absolute Gasteiger partial charge is 0.151 e. The van der Waals surface area contributed by atoms with Gasteiger partial charge in [-0.3, -0.25) is 4.68 Å². The lowest BCUT2D eigenvalue weighted by Crippen LogP contribution is -2.28. The predicted molar refractivity (Wildman–Crippen MR) is 58.1 cm³/mol. The second-order valence-electron chi connectivity index (χ2n) is 3.82. The fourth-order valence-corrected chi connectivity index (χ4v) is 2.99. The molecular formula is C9H15BrN4. The van der Waals surface area contributed by atoms with Gasteiger partial charge in [-0.05, 0) is 35.8 Å². The highest BCUT2D eigenvalue weighted by atomic mass is 79.9. The van der Waals surface area contributed by atoms with Gasteiger partial charge in [0, 0.05) is 19.0 Å². The first-order valence-corrected chi connectivity index (χ1v) is 5.75. The van der Waals surface area contributed by atoms with Crippen LogP contribution in [0.5, 0.6) is 0 Å². The van der Waals surface area contributed by atoms with E-state index in [2.05, 4.69) is 31.6 Å². The van der Waals surface area contributed by atoms with E-state index in [1.165, 1.54) is 25.0 Å². The highest BCUT2D eigenvalue weighted by molar-refractivity contribution is 9.10. The van der Waals surface area contributed by atoms with E-state index in [9.17, 15) is 0 Å². The molecule has 2 unspecified atom stereocenters. The molecule has 1 aliphatic rings. The van der Waals surface area contributed by atoms with Gasteiger partial charge in [0.2, 0.25) is 0 Å². The van der Waals surface area contributed by atoms with Crippen molar-refractivity contribution in [3.8, 4) is 0 Å². The van der Waals surface area contributed by atoms with Crippen LogP contribution in [0, 0.1) is 0 Å². The Morgan fingerprint density at radius 1 is 1.50 bits per heavy atom. The van der Waals surface area contributed by atoms with Gasteiger partial charge in [0.15, 0.2) is 4.60 Å². The Morgan fingerprint density at radius 2 is 2.29 bits per heavy atom. The Balaban J connectivity index is 2.29. The molecule has 1 aromatic heterocycles. The lowest BCUT2D eigenvalue weighted by atomic mass is 10.0. The summed E-state index contributed by atoms with van der Waals surface area (Å²) in [7, 11) is 3.98. The fourth-order valence-electron chi connectivity index (χ4n) is 2.37. The first-order valence-electron chi connectivity index (χ1n) is 4.96. The third-order valence-corrected chi connectivity index (χ3v) is 3.63.